The number of anilines is 1. The Kier molecular flexibility index (Phi) is 6.41. The van der Waals surface area contributed by atoms with Crippen LogP contribution in [0.1, 0.15) is 30.4 Å². The normalized spacial score (nSPS) is 11.3. The second-order valence-corrected chi connectivity index (χ2v) is 6.14. The number of carbonyl (C=O) groups is 1. The van der Waals surface area contributed by atoms with Crippen LogP contribution in [0.15, 0.2) is 12.3 Å². The molecule has 2 heterocycles. The summed E-state index contributed by atoms with van der Waals surface area (Å²) in [6, 6.07) is 0.938. The topological polar surface area (TPSA) is 88.8 Å². The second-order valence-electron chi connectivity index (χ2n) is 5.73. The Morgan fingerprint density at radius 3 is 2.52 bits per heavy atom. The molecule has 0 saturated heterocycles. The summed E-state index contributed by atoms with van der Waals surface area (Å²) in [4.78, 5) is 11.9. The van der Waals surface area contributed by atoms with Crippen molar-refractivity contribution in [1.82, 2.24) is 30.4 Å². The zero-order chi connectivity index (χ0) is 20.2. The maximum atomic E-state index is 12.6. The van der Waals surface area contributed by atoms with Crippen LogP contribution in [0.5, 0.6) is 0 Å². The van der Waals surface area contributed by atoms with Gasteiger partial charge in [-0.1, -0.05) is 0 Å². The van der Waals surface area contributed by atoms with Crippen molar-refractivity contribution in [3.8, 4) is 0 Å². The highest BCUT2D eigenvalue weighted by Gasteiger charge is 2.34. The molecule has 1 amide bonds. The van der Waals surface area contributed by atoms with Gasteiger partial charge in [-0.05, 0) is 39.1 Å². The SMILES string of the molecule is CCn1ncc(NC(=S)NNC(=O)CCn2nc(C(F)(F)F)cc2C)c1C. The highest BCUT2D eigenvalue weighted by atomic mass is 32.1. The van der Waals surface area contributed by atoms with Crippen LogP contribution in [0.4, 0.5) is 18.9 Å². The Labute approximate surface area is 159 Å². The summed E-state index contributed by atoms with van der Waals surface area (Å²) >= 11 is 5.09. The molecule has 148 valence electrons. The van der Waals surface area contributed by atoms with Gasteiger partial charge in [0, 0.05) is 18.7 Å². The monoisotopic (exact) mass is 403 g/mol. The number of halogens is 3. The molecule has 0 aliphatic rings. The van der Waals surface area contributed by atoms with E-state index in [4.69, 9.17) is 12.2 Å². The minimum Gasteiger partial charge on any atom is -0.329 e. The van der Waals surface area contributed by atoms with Crippen molar-refractivity contribution in [1.29, 1.82) is 0 Å². The quantitative estimate of drug-likeness (QED) is 0.524. The molecule has 2 rings (SSSR count). The van der Waals surface area contributed by atoms with Crippen LogP contribution in [0.2, 0.25) is 0 Å². The number of aryl methyl sites for hydroxylation is 3. The predicted octanol–water partition coefficient (Wildman–Crippen LogP) is 2.14. The first kappa shape index (κ1) is 20.7. The van der Waals surface area contributed by atoms with Gasteiger partial charge in [0.15, 0.2) is 10.8 Å². The first-order chi connectivity index (χ1) is 12.6. The fourth-order valence-corrected chi connectivity index (χ4v) is 2.47. The Bertz CT molecular complexity index is 828. The number of hydrogen-bond donors (Lipinski definition) is 3. The lowest BCUT2D eigenvalue weighted by Crippen LogP contribution is -2.44. The van der Waals surface area contributed by atoms with E-state index in [1.54, 1.807) is 10.9 Å². The molecule has 0 saturated carbocycles. The Morgan fingerprint density at radius 2 is 1.96 bits per heavy atom. The fourth-order valence-electron chi connectivity index (χ4n) is 2.31. The van der Waals surface area contributed by atoms with Crippen molar-refractivity contribution in [3.63, 3.8) is 0 Å². The minimum atomic E-state index is -4.51. The van der Waals surface area contributed by atoms with Gasteiger partial charge >= 0.3 is 6.18 Å². The highest BCUT2D eigenvalue weighted by molar-refractivity contribution is 7.80. The molecule has 0 bridgehead atoms. The molecule has 3 N–H and O–H groups in total. The van der Waals surface area contributed by atoms with E-state index >= 15 is 0 Å². The number of amides is 1. The van der Waals surface area contributed by atoms with Gasteiger partial charge in [-0.2, -0.15) is 23.4 Å². The standard InChI is InChI=1S/C15H20F3N7OS/c1-4-24-10(3)11(8-19-24)20-14(27)22-21-13(26)5-6-25-9(2)7-12(23-25)15(16,17)18/h7-8H,4-6H2,1-3H3,(H,21,26)(H2,20,22,27). The van der Waals surface area contributed by atoms with Gasteiger partial charge in [-0.25, -0.2) is 0 Å². The van der Waals surface area contributed by atoms with Crippen molar-refractivity contribution in [2.45, 2.75) is 46.5 Å². The molecular formula is C15H20F3N7OS. The lowest BCUT2D eigenvalue weighted by molar-refractivity contribution is -0.141. The third-order valence-corrected chi connectivity index (χ3v) is 3.99. The van der Waals surface area contributed by atoms with Crippen molar-refractivity contribution < 1.29 is 18.0 Å². The van der Waals surface area contributed by atoms with Gasteiger partial charge in [0.1, 0.15) is 0 Å². The molecule has 27 heavy (non-hydrogen) atoms. The van der Waals surface area contributed by atoms with Gasteiger partial charge in [-0.15, -0.1) is 0 Å². The number of rotatable bonds is 5. The maximum Gasteiger partial charge on any atom is 0.435 e. The van der Waals surface area contributed by atoms with E-state index < -0.39 is 17.8 Å². The summed E-state index contributed by atoms with van der Waals surface area (Å²) in [5.41, 5.74) is 5.86. The molecule has 2 aromatic rings. The molecular weight excluding hydrogens is 383 g/mol. The van der Waals surface area contributed by atoms with Crippen LogP contribution < -0.4 is 16.2 Å². The van der Waals surface area contributed by atoms with Gasteiger partial charge in [-0.3, -0.25) is 25.0 Å². The van der Waals surface area contributed by atoms with Gasteiger partial charge in [0.2, 0.25) is 5.91 Å². The Morgan fingerprint density at radius 1 is 1.26 bits per heavy atom. The zero-order valence-electron chi connectivity index (χ0n) is 15.0. The summed E-state index contributed by atoms with van der Waals surface area (Å²) in [6.45, 7) is 6.06. The van der Waals surface area contributed by atoms with E-state index in [0.717, 1.165) is 16.4 Å². The number of nitrogens with zero attached hydrogens (tertiary/aromatic N) is 4. The average Bonchev–Trinajstić information content (AvgIpc) is 3.14. The summed E-state index contributed by atoms with van der Waals surface area (Å²) in [6.07, 6.45) is -2.96. The lowest BCUT2D eigenvalue weighted by Gasteiger charge is -2.11. The molecule has 0 atom stereocenters. The number of carbonyl (C=O) groups excluding carboxylic acids is 1. The summed E-state index contributed by atoms with van der Waals surface area (Å²) in [7, 11) is 0. The average molecular weight is 403 g/mol. The van der Waals surface area contributed by atoms with Crippen molar-refractivity contribution in [3.05, 3.63) is 29.3 Å². The summed E-state index contributed by atoms with van der Waals surface area (Å²) in [5, 5.41) is 10.7. The van der Waals surface area contributed by atoms with E-state index in [2.05, 4.69) is 26.4 Å². The van der Waals surface area contributed by atoms with Gasteiger partial charge in [0.25, 0.3) is 0 Å². The number of aromatic nitrogens is 4. The first-order valence-electron chi connectivity index (χ1n) is 8.11. The van der Waals surface area contributed by atoms with Crippen molar-refractivity contribution in [2.24, 2.45) is 0 Å². The Hall–Kier alpha value is -2.63. The number of thiocarbonyl (C=S) groups is 1. The molecule has 0 aliphatic carbocycles. The zero-order valence-corrected chi connectivity index (χ0v) is 15.8. The summed E-state index contributed by atoms with van der Waals surface area (Å²) in [5.74, 6) is -0.441. The minimum absolute atomic E-state index is 0.0119. The van der Waals surface area contributed by atoms with E-state index in [9.17, 15) is 18.0 Å². The first-order valence-corrected chi connectivity index (χ1v) is 8.52. The van der Waals surface area contributed by atoms with E-state index in [1.165, 1.54) is 6.92 Å². The van der Waals surface area contributed by atoms with E-state index in [1.807, 2.05) is 13.8 Å². The van der Waals surface area contributed by atoms with Crippen molar-refractivity contribution in [2.75, 3.05) is 5.32 Å². The molecule has 0 fully saturated rings. The van der Waals surface area contributed by atoms with Crippen LogP contribution in [-0.4, -0.2) is 30.6 Å². The lowest BCUT2D eigenvalue weighted by atomic mass is 10.3. The number of alkyl halides is 3. The van der Waals surface area contributed by atoms with Crippen molar-refractivity contribution >= 4 is 28.9 Å². The number of hydrogen-bond acceptors (Lipinski definition) is 4. The maximum absolute atomic E-state index is 12.6. The number of hydrazine groups is 1. The van der Waals surface area contributed by atoms with Crippen LogP contribution in [0.3, 0.4) is 0 Å². The van der Waals surface area contributed by atoms with Crippen LogP contribution in [0.25, 0.3) is 0 Å². The van der Waals surface area contributed by atoms with Crippen LogP contribution in [0, 0.1) is 13.8 Å². The highest BCUT2D eigenvalue weighted by Crippen LogP contribution is 2.28. The molecule has 12 heteroatoms. The molecule has 0 aromatic carbocycles. The van der Waals surface area contributed by atoms with Crippen LogP contribution in [-0.2, 0) is 24.1 Å². The fraction of sp³-hybridized carbons (Fsp3) is 0.467. The second kappa shape index (κ2) is 8.37. The third kappa shape index (κ3) is 5.42. The third-order valence-electron chi connectivity index (χ3n) is 3.79. The summed E-state index contributed by atoms with van der Waals surface area (Å²) < 4.78 is 40.8. The predicted molar refractivity (Wildman–Crippen MR) is 96.7 cm³/mol. The smallest absolute Gasteiger partial charge is 0.329 e. The molecule has 0 aliphatic heterocycles. The Balaban J connectivity index is 1.80. The molecule has 2 aromatic heterocycles. The number of nitrogens with one attached hydrogen (secondary N) is 3. The van der Waals surface area contributed by atoms with E-state index in [0.29, 0.717) is 17.9 Å². The van der Waals surface area contributed by atoms with Crippen LogP contribution >= 0.6 is 12.2 Å². The molecule has 0 radical (unpaired) electrons. The molecule has 8 nitrogen and oxygen atoms in total. The van der Waals surface area contributed by atoms with Gasteiger partial charge in [0.05, 0.1) is 24.1 Å². The largest absolute Gasteiger partial charge is 0.435 e. The molecule has 0 unspecified atom stereocenters. The molecule has 0 spiro atoms. The van der Waals surface area contributed by atoms with Gasteiger partial charge < -0.3 is 5.32 Å². The van der Waals surface area contributed by atoms with E-state index in [-0.39, 0.29) is 18.1 Å².